The maximum absolute atomic E-state index is 12.4. The molecule has 1 fully saturated rings. The molecule has 1 N–H and O–H groups in total. The Morgan fingerprint density at radius 2 is 2.04 bits per heavy atom. The summed E-state index contributed by atoms with van der Waals surface area (Å²) < 4.78 is 10.9. The number of amides is 1. The first-order valence-corrected chi connectivity index (χ1v) is 9.11. The fourth-order valence-electron chi connectivity index (χ4n) is 3.63. The molecule has 1 atom stereocenters. The SMILES string of the molecule is COc1cccc(OC2=CC(=O)N([C@@H](CC3CCCC3)C(=O)O)C2)c1Cl. The van der Waals surface area contributed by atoms with E-state index in [4.69, 9.17) is 21.1 Å². The molecule has 1 aliphatic carbocycles. The predicted octanol–water partition coefficient (Wildman–Crippen LogP) is 3.49. The third-order valence-electron chi connectivity index (χ3n) is 4.98. The van der Waals surface area contributed by atoms with E-state index in [9.17, 15) is 14.7 Å². The molecule has 0 aromatic heterocycles. The summed E-state index contributed by atoms with van der Waals surface area (Å²) in [7, 11) is 1.51. The first kappa shape index (κ1) is 18.6. The summed E-state index contributed by atoms with van der Waals surface area (Å²) in [6.07, 6.45) is 6.14. The lowest BCUT2D eigenvalue weighted by Gasteiger charge is -2.26. The van der Waals surface area contributed by atoms with Crippen molar-refractivity contribution in [1.29, 1.82) is 0 Å². The molecule has 26 heavy (non-hydrogen) atoms. The predicted molar refractivity (Wildman–Crippen MR) is 96.4 cm³/mol. The van der Waals surface area contributed by atoms with Crippen LogP contribution in [0.1, 0.15) is 32.1 Å². The van der Waals surface area contributed by atoms with E-state index in [0.717, 1.165) is 25.7 Å². The molecule has 1 aliphatic heterocycles. The Hall–Kier alpha value is -2.21. The van der Waals surface area contributed by atoms with Gasteiger partial charge in [0.2, 0.25) is 0 Å². The number of nitrogens with zero attached hydrogens (tertiary/aromatic N) is 1. The molecule has 1 amide bonds. The zero-order valence-corrected chi connectivity index (χ0v) is 15.4. The highest BCUT2D eigenvalue weighted by Gasteiger charge is 2.36. The van der Waals surface area contributed by atoms with E-state index in [2.05, 4.69) is 0 Å². The van der Waals surface area contributed by atoms with Gasteiger partial charge in [0, 0.05) is 6.08 Å². The van der Waals surface area contributed by atoms with Crippen LogP contribution in [-0.2, 0) is 9.59 Å². The van der Waals surface area contributed by atoms with E-state index in [1.807, 2.05) is 0 Å². The van der Waals surface area contributed by atoms with Crippen LogP contribution in [0.3, 0.4) is 0 Å². The molecule has 7 heteroatoms. The standard InChI is InChI=1S/C19H22ClNO5/c1-25-15-7-4-8-16(18(15)20)26-13-10-17(22)21(11-13)14(19(23)24)9-12-5-2-3-6-12/h4,7-8,10,12,14H,2-3,5-6,9,11H2,1H3,(H,23,24)/t14-/m0/s1. The molecular formula is C19H22ClNO5. The van der Waals surface area contributed by atoms with Gasteiger partial charge in [0.25, 0.3) is 5.91 Å². The number of hydrogen-bond acceptors (Lipinski definition) is 4. The van der Waals surface area contributed by atoms with Crippen LogP contribution in [0.4, 0.5) is 0 Å². The van der Waals surface area contributed by atoms with Gasteiger partial charge in [0.15, 0.2) is 0 Å². The van der Waals surface area contributed by atoms with Gasteiger partial charge in [-0.3, -0.25) is 4.79 Å². The number of carbonyl (C=O) groups excluding carboxylic acids is 1. The summed E-state index contributed by atoms with van der Waals surface area (Å²) in [5.74, 6) is 0.262. The Bertz CT molecular complexity index is 727. The van der Waals surface area contributed by atoms with Crippen molar-refractivity contribution in [3.05, 3.63) is 35.1 Å². The number of halogens is 1. The molecule has 0 spiro atoms. The third-order valence-corrected chi connectivity index (χ3v) is 5.35. The van der Waals surface area contributed by atoms with Crippen molar-refractivity contribution < 1.29 is 24.2 Å². The summed E-state index contributed by atoms with van der Waals surface area (Å²) >= 11 is 6.22. The van der Waals surface area contributed by atoms with Crippen molar-refractivity contribution in [2.75, 3.05) is 13.7 Å². The van der Waals surface area contributed by atoms with E-state index < -0.39 is 12.0 Å². The molecule has 1 aromatic carbocycles. The normalized spacial score (nSPS) is 18.8. The summed E-state index contributed by atoms with van der Waals surface area (Å²) in [6.45, 7) is 0.121. The Balaban J connectivity index is 1.70. The summed E-state index contributed by atoms with van der Waals surface area (Å²) in [5, 5.41) is 9.91. The number of ether oxygens (including phenoxy) is 2. The lowest BCUT2D eigenvalue weighted by molar-refractivity contribution is -0.148. The minimum absolute atomic E-state index is 0.121. The summed E-state index contributed by atoms with van der Waals surface area (Å²) in [6, 6.07) is 4.28. The highest BCUT2D eigenvalue weighted by atomic mass is 35.5. The lowest BCUT2D eigenvalue weighted by Crippen LogP contribution is -2.43. The number of hydrogen-bond donors (Lipinski definition) is 1. The maximum atomic E-state index is 12.4. The first-order valence-electron chi connectivity index (χ1n) is 8.74. The summed E-state index contributed by atoms with van der Waals surface area (Å²) in [5.41, 5.74) is 0. The van der Waals surface area contributed by atoms with Gasteiger partial charge < -0.3 is 19.5 Å². The van der Waals surface area contributed by atoms with E-state index in [-0.39, 0.29) is 12.5 Å². The fourth-order valence-corrected chi connectivity index (χ4v) is 3.87. The number of carbonyl (C=O) groups is 2. The van der Waals surface area contributed by atoms with Crippen LogP contribution in [0.25, 0.3) is 0 Å². The fraction of sp³-hybridized carbons (Fsp3) is 0.474. The van der Waals surface area contributed by atoms with E-state index >= 15 is 0 Å². The van der Waals surface area contributed by atoms with Gasteiger partial charge >= 0.3 is 5.97 Å². The second kappa shape index (κ2) is 7.99. The molecule has 0 bridgehead atoms. The second-order valence-corrected chi connectivity index (χ2v) is 7.07. The third kappa shape index (κ3) is 3.96. The lowest BCUT2D eigenvalue weighted by atomic mass is 9.97. The Kier molecular flexibility index (Phi) is 5.71. The van der Waals surface area contributed by atoms with E-state index in [0.29, 0.717) is 34.6 Å². The van der Waals surface area contributed by atoms with Gasteiger partial charge in [-0.1, -0.05) is 43.4 Å². The molecule has 2 aliphatic rings. The van der Waals surface area contributed by atoms with Crippen molar-refractivity contribution in [3.8, 4) is 11.5 Å². The second-order valence-electron chi connectivity index (χ2n) is 6.69. The number of methoxy groups -OCH3 is 1. The average Bonchev–Trinajstić information content (AvgIpc) is 3.24. The van der Waals surface area contributed by atoms with Crippen molar-refractivity contribution in [2.24, 2.45) is 5.92 Å². The quantitative estimate of drug-likeness (QED) is 0.784. The van der Waals surface area contributed by atoms with Crippen molar-refractivity contribution in [1.82, 2.24) is 4.90 Å². The van der Waals surface area contributed by atoms with Gasteiger partial charge in [0.1, 0.15) is 28.3 Å². The van der Waals surface area contributed by atoms with Gasteiger partial charge in [-0.25, -0.2) is 4.79 Å². The number of benzene rings is 1. The van der Waals surface area contributed by atoms with Crippen molar-refractivity contribution in [2.45, 2.75) is 38.1 Å². The van der Waals surface area contributed by atoms with Gasteiger partial charge in [0.05, 0.1) is 13.7 Å². The smallest absolute Gasteiger partial charge is 0.326 e. The molecule has 1 aromatic rings. The van der Waals surface area contributed by atoms with Gasteiger partial charge in [-0.05, 0) is 24.5 Å². The van der Waals surface area contributed by atoms with Gasteiger partial charge in [-0.15, -0.1) is 0 Å². The van der Waals surface area contributed by atoms with Crippen LogP contribution >= 0.6 is 11.6 Å². The topological polar surface area (TPSA) is 76.1 Å². The molecule has 3 rings (SSSR count). The van der Waals surface area contributed by atoms with Crippen LogP contribution in [0, 0.1) is 5.92 Å². The van der Waals surface area contributed by atoms with Crippen LogP contribution in [-0.4, -0.2) is 41.6 Å². The Morgan fingerprint density at radius 3 is 2.69 bits per heavy atom. The number of carboxylic acid groups (broad SMARTS) is 1. The zero-order valence-electron chi connectivity index (χ0n) is 14.6. The molecule has 6 nitrogen and oxygen atoms in total. The largest absolute Gasteiger partial charge is 0.495 e. The van der Waals surface area contributed by atoms with Crippen molar-refractivity contribution in [3.63, 3.8) is 0 Å². The van der Waals surface area contributed by atoms with Crippen LogP contribution in [0.5, 0.6) is 11.5 Å². The minimum Gasteiger partial charge on any atom is -0.495 e. The Labute approximate surface area is 157 Å². The number of aliphatic carboxylic acids is 1. The highest BCUT2D eigenvalue weighted by molar-refractivity contribution is 6.33. The van der Waals surface area contributed by atoms with Crippen LogP contribution in [0.2, 0.25) is 5.02 Å². The molecule has 140 valence electrons. The maximum Gasteiger partial charge on any atom is 0.326 e. The summed E-state index contributed by atoms with van der Waals surface area (Å²) in [4.78, 5) is 25.4. The molecular weight excluding hydrogens is 358 g/mol. The molecule has 0 radical (unpaired) electrons. The molecule has 0 unspecified atom stereocenters. The monoisotopic (exact) mass is 379 g/mol. The first-order chi connectivity index (χ1) is 12.5. The average molecular weight is 380 g/mol. The molecule has 1 heterocycles. The molecule has 1 saturated carbocycles. The van der Waals surface area contributed by atoms with E-state index in [1.165, 1.54) is 18.1 Å². The zero-order chi connectivity index (χ0) is 18.7. The van der Waals surface area contributed by atoms with Crippen molar-refractivity contribution >= 4 is 23.5 Å². The minimum atomic E-state index is -0.973. The highest BCUT2D eigenvalue weighted by Crippen LogP contribution is 2.36. The van der Waals surface area contributed by atoms with Gasteiger partial charge in [-0.2, -0.15) is 0 Å². The number of rotatable bonds is 7. The van der Waals surface area contributed by atoms with E-state index in [1.54, 1.807) is 18.2 Å². The van der Waals surface area contributed by atoms with Crippen LogP contribution in [0.15, 0.2) is 30.0 Å². The molecule has 0 saturated heterocycles. The van der Waals surface area contributed by atoms with Crippen LogP contribution < -0.4 is 9.47 Å². The Morgan fingerprint density at radius 1 is 1.35 bits per heavy atom. The number of carboxylic acids is 1.